The van der Waals surface area contributed by atoms with E-state index in [1.165, 1.54) is 12.8 Å². The van der Waals surface area contributed by atoms with Crippen LogP contribution in [0.1, 0.15) is 39.0 Å². The fourth-order valence-electron chi connectivity index (χ4n) is 0.926. The highest BCUT2D eigenvalue weighted by atomic mass is 16.1. The number of nitrogens with one attached hydrogen (secondary N) is 1. The zero-order chi connectivity index (χ0) is 8.36. The summed E-state index contributed by atoms with van der Waals surface area (Å²) in [5.74, 6) is 0. The topological polar surface area (TPSA) is 29.1 Å². The van der Waals surface area contributed by atoms with E-state index in [0.29, 0.717) is 6.42 Å². The van der Waals surface area contributed by atoms with Crippen molar-refractivity contribution in [2.45, 2.75) is 39.0 Å². The molecular formula is C9H18NO. The number of unbranched alkanes of at least 4 members (excludes halogenated alkanes) is 3. The van der Waals surface area contributed by atoms with Gasteiger partial charge in [-0.15, -0.1) is 0 Å². The number of hydrogen-bond donors (Lipinski definition) is 1. The van der Waals surface area contributed by atoms with Gasteiger partial charge in [0.25, 0.3) is 0 Å². The zero-order valence-corrected chi connectivity index (χ0v) is 7.36. The van der Waals surface area contributed by atoms with Crippen LogP contribution in [0.3, 0.4) is 0 Å². The van der Waals surface area contributed by atoms with Crippen LogP contribution in [-0.2, 0) is 4.79 Å². The van der Waals surface area contributed by atoms with Gasteiger partial charge in [0.1, 0.15) is 0 Å². The van der Waals surface area contributed by atoms with E-state index >= 15 is 0 Å². The van der Waals surface area contributed by atoms with E-state index < -0.39 is 0 Å². The largest absolute Gasteiger partial charge is 0.317 e. The predicted octanol–water partition coefficient (Wildman–Crippen LogP) is 1.66. The molecule has 1 N–H and O–H groups in total. The molecule has 0 spiro atoms. The second-order valence-corrected chi connectivity index (χ2v) is 2.70. The average Bonchev–Trinajstić information content (AvgIpc) is 2.03. The van der Waals surface area contributed by atoms with Crippen LogP contribution >= 0.6 is 0 Å². The van der Waals surface area contributed by atoms with Gasteiger partial charge in [-0.2, -0.15) is 0 Å². The molecule has 11 heavy (non-hydrogen) atoms. The number of carbonyl (C=O) groups excluding carboxylic acids is 1. The summed E-state index contributed by atoms with van der Waals surface area (Å²) in [4.78, 5) is 9.80. The quantitative estimate of drug-likeness (QED) is 0.541. The lowest BCUT2D eigenvalue weighted by atomic mass is 10.2. The molecule has 65 valence electrons. The molecule has 0 aromatic carbocycles. The van der Waals surface area contributed by atoms with Gasteiger partial charge in [0.2, 0.25) is 0 Å². The molecule has 0 unspecified atom stereocenters. The molecule has 2 nitrogen and oxygen atoms in total. The van der Waals surface area contributed by atoms with Gasteiger partial charge in [-0.1, -0.05) is 13.3 Å². The zero-order valence-electron chi connectivity index (χ0n) is 7.36. The Morgan fingerprint density at radius 3 is 2.64 bits per heavy atom. The normalized spacial score (nSPS) is 9.91. The highest BCUT2D eigenvalue weighted by molar-refractivity contribution is 5.50. The van der Waals surface area contributed by atoms with Gasteiger partial charge in [0.15, 0.2) is 6.29 Å². The standard InChI is InChI=1S/C9H18NO/c1-2-7-10-8-5-3-4-6-9-11/h10H,2-8H2,1H3. The van der Waals surface area contributed by atoms with Crippen molar-refractivity contribution in [1.29, 1.82) is 0 Å². The Hall–Kier alpha value is -0.370. The van der Waals surface area contributed by atoms with Gasteiger partial charge in [-0.3, -0.25) is 4.79 Å². The van der Waals surface area contributed by atoms with Crippen molar-refractivity contribution in [3.05, 3.63) is 0 Å². The molecule has 0 bridgehead atoms. The van der Waals surface area contributed by atoms with Crippen LogP contribution in [0.4, 0.5) is 0 Å². The highest BCUT2D eigenvalue weighted by Crippen LogP contribution is 1.95. The second kappa shape index (κ2) is 9.63. The van der Waals surface area contributed by atoms with Crippen molar-refractivity contribution in [3.8, 4) is 0 Å². The van der Waals surface area contributed by atoms with Gasteiger partial charge < -0.3 is 5.32 Å². The Kier molecular flexibility index (Phi) is 9.31. The van der Waals surface area contributed by atoms with E-state index in [1.807, 2.05) is 6.29 Å². The maximum Gasteiger partial charge on any atom is 0.198 e. The van der Waals surface area contributed by atoms with Crippen LogP contribution < -0.4 is 5.32 Å². The summed E-state index contributed by atoms with van der Waals surface area (Å²) in [6, 6.07) is 0. The first-order valence-electron chi connectivity index (χ1n) is 4.47. The fraction of sp³-hybridized carbons (Fsp3) is 0.889. The minimum atomic E-state index is 0.605. The molecule has 0 aliphatic rings. The Morgan fingerprint density at radius 2 is 2.00 bits per heavy atom. The summed E-state index contributed by atoms with van der Waals surface area (Å²) < 4.78 is 0. The molecule has 2 heteroatoms. The maximum atomic E-state index is 9.80. The monoisotopic (exact) mass is 156 g/mol. The summed E-state index contributed by atoms with van der Waals surface area (Å²) in [6.07, 6.45) is 7.03. The van der Waals surface area contributed by atoms with Crippen molar-refractivity contribution < 1.29 is 4.79 Å². The smallest absolute Gasteiger partial charge is 0.198 e. The van der Waals surface area contributed by atoms with Gasteiger partial charge >= 0.3 is 0 Å². The summed E-state index contributed by atoms with van der Waals surface area (Å²) in [5, 5.41) is 3.31. The number of rotatable bonds is 8. The van der Waals surface area contributed by atoms with E-state index in [2.05, 4.69) is 12.2 Å². The Bertz CT molecular complexity index is 83.6. The lowest BCUT2D eigenvalue weighted by Crippen LogP contribution is -2.15. The Labute approximate surface area is 69.4 Å². The Morgan fingerprint density at radius 1 is 1.18 bits per heavy atom. The molecule has 0 heterocycles. The van der Waals surface area contributed by atoms with E-state index in [0.717, 1.165) is 25.9 Å². The van der Waals surface area contributed by atoms with Crippen molar-refractivity contribution in [2.24, 2.45) is 0 Å². The van der Waals surface area contributed by atoms with Crippen LogP contribution in [0.25, 0.3) is 0 Å². The van der Waals surface area contributed by atoms with Gasteiger partial charge in [0, 0.05) is 6.42 Å². The molecule has 0 aromatic heterocycles. The van der Waals surface area contributed by atoms with Crippen molar-refractivity contribution >= 4 is 6.29 Å². The van der Waals surface area contributed by atoms with Gasteiger partial charge in [-0.05, 0) is 32.4 Å². The molecule has 0 aliphatic heterocycles. The van der Waals surface area contributed by atoms with Crippen molar-refractivity contribution in [1.82, 2.24) is 5.32 Å². The summed E-state index contributed by atoms with van der Waals surface area (Å²) >= 11 is 0. The molecule has 0 amide bonds. The van der Waals surface area contributed by atoms with Crippen LogP contribution in [0, 0.1) is 0 Å². The third-order valence-electron chi connectivity index (χ3n) is 1.56. The van der Waals surface area contributed by atoms with E-state index in [1.54, 1.807) is 0 Å². The molecule has 0 rings (SSSR count). The first-order chi connectivity index (χ1) is 5.41. The predicted molar refractivity (Wildman–Crippen MR) is 47.3 cm³/mol. The maximum absolute atomic E-state index is 9.80. The van der Waals surface area contributed by atoms with Gasteiger partial charge in [0.05, 0.1) is 0 Å². The Balaban J connectivity index is 2.74. The van der Waals surface area contributed by atoms with Crippen LogP contribution in [-0.4, -0.2) is 19.4 Å². The third kappa shape index (κ3) is 9.63. The minimum absolute atomic E-state index is 0.605. The van der Waals surface area contributed by atoms with E-state index in [-0.39, 0.29) is 0 Å². The van der Waals surface area contributed by atoms with Crippen LogP contribution in [0.2, 0.25) is 0 Å². The van der Waals surface area contributed by atoms with Crippen molar-refractivity contribution in [2.75, 3.05) is 13.1 Å². The molecule has 0 fully saturated rings. The summed E-state index contributed by atoms with van der Waals surface area (Å²) in [5.41, 5.74) is 0. The fourth-order valence-corrected chi connectivity index (χ4v) is 0.926. The summed E-state index contributed by atoms with van der Waals surface area (Å²) in [7, 11) is 0. The SMILES string of the molecule is CCCNCCCCC[C]=O. The minimum Gasteiger partial charge on any atom is -0.317 e. The average molecular weight is 156 g/mol. The molecule has 0 atom stereocenters. The molecule has 0 saturated heterocycles. The van der Waals surface area contributed by atoms with E-state index in [9.17, 15) is 4.79 Å². The lowest BCUT2D eigenvalue weighted by molar-refractivity contribution is 0.542. The molecule has 0 aliphatic carbocycles. The summed E-state index contributed by atoms with van der Waals surface area (Å²) in [6.45, 7) is 4.36. The molecular weight excluding hydrogens is 138 g/mol. The highest BCUT2D eigenvalue weighted by Gasteiger charge is 1.88. The first-order valence-corrected chi connectivity index (χ1v) is 4.47. The molecule has 1 radical (unpaired) electrons. The van der Waals surface area contributed by atoms with E-state index in [4.69, 9.17) is 0 Å². The second-order valence-electron chi connectivity index (χ2n) is 2.70. The number of hydrogen-bond acceptors (Lipinski definition) is 2. The first kappa shape index (κ1) is 10.6. The molecule has 0 saturated carbocycles. The lowest BCUT2D eigenvalue weighted by Gasteiger charge is -2.00. The van der Waals surface area contributed by atoms with Crippen molar-refractivity contribution in [3.63, 3.8) is 0 Å². The van der Waals surface area contributed by atoms with Gasteiger partial charge in [-0.25, -0.2) is 0 Å². The van der Waals surface area contributed by atoms with Crippen LogP contribution in [0.5, 0.6) is 0 Å². The molecule has 0 aromatic rings. The third-order valence-corrected chi connectivity index (χ3v) is 1.56. The van der Waals surface area contributed by atoms with Crippen LogP contribution in [0.15, 0.2) is 0 Å².